The van der Waals surface area contributed by atoms with E-state index in [0.29, 0.717) is 23.7 Å². The minimum absolute atomic E-state index is 0.0209. The van der Waals surface area contributed by atoms with Gasteiger partial charge in [0.05, 0.1) is 12.1 Å². The predicted molar refractivity (Wildman–Crippen MR) is 75.7 cm³/mol. The molecule has 0 saturated heterocycles. The Morgan fingerprint density at radius 1 is 1.36 bits per heavy atom. The highest BCUT2D eigenvalue weighted by atomic mass is 32.1. The SMILES string of the molecule is CN(Cc1cccc(C(F)(F)F)c1)Cc1nc(C(=O)O)cs1. The number of thiazole rings is 1. The number of hydrogen-bond acceptors (Lipinski definition) is 4. The van der Waals surface area contributed by atoms with Crippen LogP contribution >= 0.6 is 11.3 Å². The maximum absolute atomic E-state index is 12.7. The van der Waals surface area contributed by atoms with Gasteiger partial charge < -0.3 is 5.11 Å². The normalized spacial score (nSPS) is 11.9. The molecule has 0 amide bonds. The second-order valence-corrected chi connectivity index (χ2v) is 5.74. The third-order valence-corrected chi connectivity index (χ3v) is 3.72. The lowest BCUT2D eigenvalue weighted by molar-refractivity contribution is -0.137. The van der Waals surface area contributed by atoms with E-state index >= 15 is 0 Å². The number of rotatable bonds is 5. The summed E-state index contributed by atoms with van der Waals surface area (Å²) in [5, 5.41) is 10.8. The maximum atomic E-state index is 12.7. The van der Waals surface area contributed by atoms with E-state index in [2.05, 4.69) is 4.98 Å². The van der Waals surface area contributed by atoms with Crippen LogP contribution in [-0.4, -0.2) is 28.0 Å². The molecule has 22 heavy (non-hydrogen) atoms. The number of benzene rings is 1. The Kier molecular flexibility index (Phi) is 4.82. The topological polar surface area (TPSA) is 53.4 Å². The van der Waals surface area contributed by atoms with Gasteiger partial charge in [-0.2, -0.15) is 13.2 Å². The molecule has 1 N–H and O–H groups in total. The van der Waals surface area contributed by atoms with Crippen molar-refractivity contribution in [3.8, 4) is 0 Å². The van der Waals surface area contributed by atoms with Crippen LogP contribution in [0.15, 0.2) is 29.6 Å². The fraction of sp³-hybridized carbons (Fsp3) is 0.286. The molecule has 0 bridgehead atoms. The summed E-state index contributed by atoms with van der Waals surface area (Å²) >= 11 is 1.21. The van der Waals surface area contributed by atoms with Crippen LogP contribution in [0.5, 0.6) is 0 Å². The molecule has 4 nitrogen and oxygen atoms in total. The van der Waals surface area contributed by atoms with E-state index in [1.54, 1.807) is 18.0 Å². The smallest absolute Gasteiger partial charge is 0.416 e. The zero-order chi connectivity index (χ0) is 16.3. The number of alkyl halides is 3. The van der Waals surface area contributed by atoms with Crippen LogP contribution < -0.4 is 0 Å². The van der Waals surface area contributed by atoms with Crippen molar-refractivity contribution in [1.82, 2.24) is 9.88 Å². The van der Waals surface area contributed by atoms with Crippen LogP contribution in [0.3, 0.4) is 0 Å². The Hall–Kier alpha value is -1.93. The minimum atomic E-state index is -4.36. The average Bonchev–Trinajstić information content (AvgIpc) is 2.86. The van der Waals surface area contributed by atoms with E-state index in [1.807, 2.05) is 0 Å². The van der Waals surface area contributed by atoms with Crippen LogP contribution in [-0.2, 0) is 19.3 Å². The Labute approximate surface area is 128 Å². The van der Waals surface area contributed by atoms with E-state index < -0.39 is 17.7 Å². The highest BCUT2D eigenvalue weighted by Gasteiger charge is 2.30. The van der Waals surface area contributed by atoms with Crippen molar-refractivity contribution in [1.29, 1.82) is 0 Å². The van der Waals surface area contributed by atoms with Gasteiger partial charge >= 0.3 is 12.1 Å². The van der Waals surface area contributed by atoms with Crippen LogP contribution in [0.2, 0.25) is 0 Å². The molecule has 2 aromatic rings. The number of hydrogen-bond donors (Lipinski definition) is 1. The van der Waals surface area contributed by atoms with Gasteiger partial charge in [0.1, 0.15) is 5.01 Å². The molecule has 0 fully saturated rings. The van der Waals surface area contributed by atoms with Gasteiger partial charge in [0.25, 0.3) is 0 Å². The summed E-state index contributed by atoms with van der Waals surface area (Å²) in [4.78, 5) is 16.5. The van der Waals surface area contributed by atoms with Crippen LogP contribution in [0.4, 0.5) is 13.2 Å². The monoisotopic (exact) mass is 330 g/mol. The van der Waals surface area contributed by atoms with Crippen LogP contribution in [0.1, 0.15) is 26.6 Å². The van der Waals surface area contributed by atoms with Crippen molar-refractivity contribution in [2.45, 2.75) is 19.3 Å². The molecule has 0 spiro atoms. The summed E-state index contributed by atoms with van der Waals surface area (Å²) in [5.74, 6) is -1.09. The summed E-state index contributed by atoms with van der Waals surface area (Å²) in [5.41, 5.74) is -0.166. The molecule has 0 aliphatic rings. The van der Waals surface area contributed by atoms with Gasteiger partial charge in [-0.25, -0.2) is 9.78 Å². The number of carboxylic acids is 1. The molecular formula is C14H13F3N2O2S. The van der Waals surface area contributed by atoms with Gasteiger partial charge in [0, 0.05) is 11.9 Å². The van der Waals surface area contributed by atoms with Crippen molar-refractivity contribution in [3.63, 3.8) is 0 Å². The number of carbonyl (C=O) groups is 1. The second kappa shape index (κ2) is 6.45. The van der Waals surface area contributed by atoms with Crippen molar-refractivity contribution >= 4 is 17.3 Å². The Bertz CT molecular complexity index is 670. The van der Waals surface area contributed by atoms with Crippen LogP contribution in [0, 0.1) is 0 Å². The third-order valence-electron chi connectivity index (χ3n) is 2.88. The molecule has 1 aromatic heterocycles. The second-order valence-electron chi connectivity index (χ2n) is 4.80. The minimum Gasteiger partial charge on any atom is -0.476 e. The molecule has 0 aliphatic heterocycles. The van der Waals surface area contributed by atoms with Gasteiger partial charge in [0.2, 0.25) is 0 Å². The highest BCUT2D eigenvalue weighted by Crippen LogP contribution is 2.29. The summed E-state index contributed by atoms with van der Waals surface area (Å²) < 4.78 is 38.0. The zero-order valence-corrected chi connectivity index (χ0v) is 12.4. The molecule has 1 aromatic carbocycles. The van der Waals surface area contributed by atoms with Crippen molar-refractivity contribution in [2.24, 2.45) is 0 Å². The van der Waals surface area contributed by atoms with Gasteiger partial charge in [-0.3, -0.25) is 4.90 Å². The molecule has 0 saturated carbocycles. The average molecular weight is 330 g/mol. The van der Waals surface area contributed by atoms with Crippen molar-refractivity contribution < 1.29 is 23.1 Å². The van der Waals surface area contributed by atoms with Gasteiger partial charge in [-0.1, -0.05) is 18.2 Å². The first-order chi connectivity index (χ1) is 10.3. The molecule has 0 aliphatic carbocycles. The number of carboxylic acid groups (broad SMARTS) is 1. The molecule has 0 radical (unpaired) electrons. The Morgan fingerprint density at radius 3 is 2.68 bits per heavy atom. The Balaban J connectivity index is 2.02. The largest absolute Gasteiger partial charge is 0.476 e. The molecule has 1 heterocycles. The predicted octanol–water partition coefficient (Wildman–Crippen LogP) is 3.49. The summed E-state index contributed by atoms with van der Waals surface area (Å²) in [6.45, 7) is 0.681. The van der Waals surface area contributed by atoms with Crippen molar-refractivity contribution in [3.05, 3.63) is 51.5 Å². The molecular weight excluding hydrogens is 317 g/mol. The fourth-order valence-electron chi connectivity index (χ4n) is 1.93. The third kappa shape index (κ3) is 4.28. The van der Waals surface area contributed by atoms with E-state index in [9.17, 15) is 18.0 Å². The Morgan fingerprint density at radius 2 is 2.09 bits per heavy atom. The summed E-state index contributed by atoms with van der Waals surface area (Å²) in [6.07, 6.45) is -4.36. The lowest BCUT2D eigenvalue weighted by Crippen LogP contribution is -2.18. The van der Waals surface area contributed by atoms with E-state index in [-0.39, 0.29) is 5.69 Å². The lowest BCUT2D eigenvalue weighted by Gasteiger charge is -2.16. The first-order valence-electron chi connectivity index (χ1n) is 6.28. The molecule has 118 valence electrons. The van der Waals surface area contributed by atoms with E-state index in [4.69, 9.17) is 5.11 Å². The van der Waals surface area contributed by atoms with Gasteiger partial charge in [-0.05, 0) is 18.7 Å². The summed E-state index contributed by atoms with van der Waals surface area (Å²) in [6, 6.07) is 5.14. The molecule has 0 unspecified atom stereocenters. The standard InChI is InChI=1S/C14H13F3N2O2S/c1-19(7-12-18-11(8-22-12)13(20)21)6-9-3-2-4-10(5-9)14(15,16)17/h2-5,8H,6-7H2,1H3,(H,20,21). The first-order valence-corrected chi connectivity index (χ1v) is 7.16. The van der Waals surface area contributed by atoms with Crippen molar-refractivity contribution in [2.75, 3.05) is 7.05 Å². The molecule has 8 heteroatoms. The van der Waals surface area contributed by atoms with Gasteiger partial charge in [0.15, 0.2) is 5.69 Å². The van der Waals surface area contributed by atoms with Crippen LogP contribution in [0.25, 0.3) is 0 Å². The first kappa shape index (κ1) is 16.4. The van der Waals surface area contributed by atoms with E-state index in [0.717, 1.165) is 12.1 Å². The number of nitrogens with zero attached hydrogens (tertiary/aromatic N) is 2. The zero-order valence-electron chi connectivity index (χ0n) is 11.6. The lowest BCUT2D eigenvalue weighted by atomic mass is 10.1. The molecule has 2 rings (SSSR count). The molecule has 0 atom stereocenters. The number of aromatic carboxylic acids is 1. The summed E-state index contributed by atoms with van der Waals surface area (Å²) in [7, 11) is 1.74. The van der Waals surface area contributed by atoms with E-state index in [1.165, 1.54) is 22.8 Å². The quantitative estimate of drug-likeness (QED) is 0.912. The maximum Gasteiger partial charge on any atom is 0.416 e. The highest BCUT2D eigenvalue weighted by molar-refractivity contribution is 7.09. The number of aromatic nitrogens is 1. The number of halogens is 3. The fourth-order valence-corrected chi connectivity index (χ4v) is 2.77. The van der Waals surface area contributed by atoms with Gasteiger partial charge in [-0.15, -0.1) is 11.3 Å².